The third-order valence-electron chi connectivity index (χ3n) is 2.81. The highest BCUT2D eigenvalue weighted by atomic mass is 16.5. The average Bonchev–Trinajstić information content (AvgIpc) is 2.47. The summed E-state index contributed by atoms with van der Waals surface area (Å²) >= 11 is 0. The number of rotatable bonds is 2. The molecule has 20 heavy (non-hydrogen) atoms. The van der Waals surface area contributed by atoms with Crippen LogP contribution in [0.3, 0.4) is 0 Å². The summed E-state index contributed by atoms with van der Waals surface area (Å²) in [6, 6.07) is 12.5. The first-order valence-electron chi connectivity index (χ1n) is 5.83. The molecule has 0 unspecified atom stereocenters. The van der Waals surface area contributed by atoms with Gasteiger partial charge in [0.05, 0.1) is 5.69 Å². The molecule has 1 aromatic heterocycles. The van der Waals surface area contributed by atoms with Gasteiger partial charge in [-0.25, -0.2) is 10.0 Å². The number of hydrogen-bond donors (Lipinski definition) is 2. The summed E-state index contributed by atoms with van der Waals surface area (Å²) in [6.07, 6.45) is 0. The number of fused-ring (bicyclic) bond motifs is 1. The van der Waals surface area contributed by atoms with Crippen molar-refractivity contribution in [3.05, 3.63) is 58.9 Å². The second kappa shape index (κ2) is 4.54. The van der Waals surface area contributed by atoms with Gasteiger partial charge in [0.2, 0.25) is 5.10 Å². The van der Waals surface area contributed by atoms with Crippen LogP contribution in [0.4, 0.5) is 11.6 Å². The van der Waals surface area contributed by atoms with Crippen LogP contribution in [0.2, 0.25) is 0 Å². The highest BCUT2D eigenvalue weighted by Gasteiger charge is 2.19. The lowest BCUT2D eigenvalue weighted by atomic mass is 10.3. The first-order valence-corrected chi connectivity index (χ1v) is 5.83. The van der Waals surface area contributed by atoms with Crippen molar-refractivity contribution in [1.29, 1.82) is 0 Å². The van der Waals surface area contributed by atoms with E-state index in [9.17, 15) is 15.5 Å². The van der Waals surface area contributed by atoms with Crippen molar-refractivity contribution in [3.63, 3.8) is 0 Å². The lowest BCUT2D eigenvalue weighted by Crippen LogP contribution is -2.43. The summed E-state index contributed by atoms with van der Waals surface area (Å²) in [7, 11) is 0. The Morgan fingerprint density at radius 3 is 2.30 bits per heavy atom. The molecule has 3 aromatic rings. The smallest absolute Gasteiger partial charge is 0.465 e. The quantitative estimate of drug-likeness (QED) is 0.410. The monoisotopic (exact) mass is 270 g/mol. The van der Waals surface area contributed by atoms with Crippen LogP contribution < -0.4 is 14.9 Å². The minimum atomic E-state index is -0.135. The number of nitrogens with one attached hydrogen (secondary N) is 1. The zero-order chi connectivity index (χ0) is 14.1. The van der Waals surface area contributed by atoms with Gasteiger partial charge in [0.1, 0.15) is 5.75 Å². The van der Waals surface area contributed by atoms with E-state index in [1.165, 1.54) is 18.2 Å². The van der Waals surface area contributed by atoms with Crippen molar-refractivity contribution >= 4 is 22.7 Å². The number of benzene rings is 2. The highest BCUT2D eigenvalue weighted by molar-refractivity contribution is 5.67. The van der Waals surface area contributed by atoms with Crippen molar-refractivity contribution in [2.45, 2.75) is 0 Å². The maximum Gasteiger partial charge on any atom is 0.465 e. The number of phenols is 1. The Morgan fingerprint density at radius 1 is 0.950 bits per heavy atom. The van der Waals surface area contributed by atoms with Gasteiger partial charge >= 0.3 is 5.95 Å². The summed E-state index contributed by atoms with van der Waals surface area (Å²) in [5, 5.41) is 39.5. The average molecular weight is 270 g/mol. The zero-order valence-electron chi connectivity index (χ0n) is 10.2. The SMILES string of the molecule is [O-][n+]1nc(Nc2ccc(O)cc2)[n+]([O-])c2ccccc21. The van der Waals surface area contributed by atoms with E-state index in [0.29, 0.717) is 15.3 Å². The van der Waals surface area contributed by atoms with E-state index in [0.717, 1.165) is 0 Å². The first-order chi connectivity index (χ1) is 9.65. The minimum Gasteiger partial charge on any atom is -0.739 e. The molecule has 2 N–H and O–H groups in total. The number of aromatic nitrogens is 3. The fraction of sp³-hybridized carbons (Fsp3) is 0. The molecule has 0 amide bonds. The Hall–Kier alpha value is -3.09. The van der Waals surface area contributed by atoms with Gasteiger partial charge in [-0.2, -0.15) is 0 Å². The Bertz CT molecular complexity index is 774. The second-order valence-electron chi connectivity index (χ2n) is 4.15. The van der Waals surface area contributed by atoms with Crippen LogP contribution in [0.25, 0.3) is 11.0 Å². The highest BCUT2D eigenvalue weighted by Crippen LogP contribution is 2.16. The number of nitrogens with zero attached hydrogens (tertiary/aromatic N) is 3. The Morgan fingerprint density at radius 2 is 1.60 bits per heavy atom. The van der Waals surface area contributed by atoms with Crippen LogP contribution in [-0.4, -0.2) is 10.2 Å². The predicted octanol–water partition coefficient (Wildman–Crippen LogP) is 0.951. The van der Waals surface area contributed by atoms with Crippen LogP contribution in [0, 0.1) is 10.4 Å². The van der Waals surface area contributed by atoms with Crippen LogP contribution >= 0.6 is 0 Å². The van der Waals surface area contributed by atoms with E-state index in [4.69, 9.17) is 0 Å². The van der Waals surface area contributed by atoms with Crippen LogP contribution in [-0.2, 0) is 0 Å². The minimum absolute atomic E-state index is 0.107. The molecular weight excluding hydrogens is 260 g/mol. The zero-order valence-corrected chi connectivity index (χ0v) is 10.2. The van der Waals surface area contributed by atoms with Crippen molar-refractivity contribution in [3.8, 4) is 5.75 Å². The molecule has 0 saturated heterocycles. The molecule has 3 rings (SSSR count). The van der Waals surface area contributed by atoms with E-state index in [1.54, 1.807) is 30.3 Å². The fourth-order valence-electron chi connectivity index (χ4n) is 1.84. The molecule has 0 aliphatic heterocycles. The normalized spacial score (nSPS) is 10.6. The molecule has 0 saturated carbocycles. The van der Waals surface area contributed by atoms with Crippen molar-refractivity contribution in [2.75, 3.05) is 5.32 Å². The fourth-order valence-corrected chi connectivity index (χ4v) is 1.84. The van der Waals surface area contributed by atoms with Gasteiger partial charge in [0.25, 0.3) is 5.52 Å². The standard InChI is InChI=1S/C13H10N4O3/c18-10-7-5-9(6-8-10)14-13-15-17(20)12-4-2-1-3-11(12)16(13)19/h1-8,18H,(H,14,15). The number of aromatic hydroxyl groups is 1. The number of hydrogen-bond acceptors (Lipinski definition) is 5. The van der Waals surface area contributed by atoms with Gasteiger partial charge in [0.15, 0.2) is 5.52 Å². The number of anilines is 2. The molecular formula is C13H10N4O3. The Kier molecular flexibility index (Phi) is 2.72. The molecule has 0 fully saturated rings. The molecule has 7 nitrogen and oxygen atoms in total. The lowest BCUT2D eigenvalue weighted by molar-refractivity contribution is -0.672. The third kappa shape index (κ3) is 2.01. The van der Waals surface area contributed by atoms with E-state index in [1.807, 2.05) is 0 Å². The lowest BCUT2D eigenvalue weighted by Gasteiger charge is -2.09. The molecule has 1 heterocycles. The number of para-hydroxylation sites is 2. The van der Waals surface area contributed by atoms with Gasteiger partial charge < -0.3 is 15.5 Å². The third-order valence-corrected chi connectivity index (χ3v) is 2.81. The van der Waals surface area contributed by atoms with Crippen molar-refractivity contribution in [2.24, 2.45) is 0 Å². The van der Waals surface area contributed by atoms with E-state index >= 15 is 0 Å². The maximum absolute atomic E-state index is 12.1. The predicted molar refractivity (Wildman–Crippen MR) is 71.1 cm³/mol. The second-order valence-corrected chi connectivity index (χ2v) is 4.15. The van der Waals surface area contributed by atoms with Crippen molar-refractivity contribution in [1.82, 2.24) is 5.10 Å². The molecule has 0 atom stereocenters. The van der Waals surface area contributed by atoms with Gasteiger partial charge in [-0.15, -0.1) is 0 Å². The first kappa shape index (κ1) is 12.0. The van der Waals surface area contributed by atoms with Crippen molar-refractivity contribution < 1.29 is 14.7 Å². The summed E-state index contributed by atoms with van der Waals surface area (Å²) < 4.78 is 0.552. The molecule has 2 aromatic carbocycles. The molecule has 0 spiro atoms. The Balaban J connectivity index is 2.08. The molecule has 7 heteroatoms. The van der Waals surface area contributed by atoms with Gasteiger partial charge in [0, 0.05) is 10.9 Å². The van der Waals surface area contributed by atoms with Gasteiger partial charge in [-0.05, 0) is 30.3 Å². The molecule has 0 aliphatic rings. The summed E-state index contributed by atoms with van der Waals surface area (Å²) in [5.41, 5.74) is 0.952. The molecule has 0 radical (unpaired) electrons. The maximum atomic E-state index is 12.1. The topological polar surface area (TPSA) is 99.0 Å². The van der Waals surface area contributed by atoms with Gasteiger partial charge in [-0.1, -0.05) is 12.1 Å². The summed E-state index contributed by atoms with van der Waals surface area (Å²) in [4.78, 5) is 0.395. The van der Waals surface area contributed by atoms with E-state index in [2.05, 4.69) is 10.4 Å². The van der Waals surface area contributed by atoms with Crippen LogP contribution in [0.15, 0.2) is 48.5 Å². The van der Waals surface area contributed by atoms with Gasteiger partial charge in [-0.3, -0.25) is 0 Å². The summed E-state index contributed by atoms with van der Waals surface area (Å²) in [6.45, 7) is 0. The molecule has 0 bridgehead atoms. The van der Waals surface area contributed by atoms with E-state index < -0.39 is 0 Å². The van der Waals surface area contributed by atoms with Crippen LogP contribution in [0.5, 0.6) is 5.75 Å². The molecule has 0 aliphatic carbocycles. The number of phenolic OH excluding ortho intramolecular Hbond substituents is 1. The van der Waals surface area contributed by atoms with Crippen LogP contribution in [0.1, 0.15) is 0 Å². The van der Waals surface area contributed by atoms with E-state index in [-0.39, 0.29) is 22.7 Å². The largest absolute Gasteiger partial charge is 0.739 e. The molecule has 100 valence electrons. The summed E-state index contributed by atoms with van der Waals surface area (Å²) in [5.74, 6) is -0.0275. The Labute approximate surface area is 113 Å².